The third-order valence-electron chi connectivity index (χ3n) is 5.18. The molecule has 9 nitrogen and oxygen atoms in total. The Labute approximate surface area is 203 Å². The first-order valence-corrected chi connectivity index (χ1v) is 12.4. The zero-order chi connectivity index (χ0) is 25.0. The minimum Gasteiger partial charge on any atom is -0.495 e. The maximum absolute atomic E-state index is 12.9. The third-order valence-corrected chi connectivity index (χ3v) is 6.30. The average Bonchev–Trinajstić information content (AvgIpc) is 2.86. The van der Waals surface area contributed by atoms with E-state index >= 15 is 0 Å². The van der Waals surface area contributed by atoms with E-state index < -0.39 is 15.7 Å². The highest BCUT2D eigenvalue weighted by molar-refractivity contribution is 7.90. The highest BCUT2D eigenvalue weighted by Gasteiger charge is 2.18. The summed E-state index contributed by atoms with van der Waals surface area (Å²) in [6.07, 6.45) is 6.14. The van der Waals surface area contributed by atoms with Crippen LogP contribution in [-0.4, -0.2) is 42.6 Å². The molecule has 10 heteroatoms. The fraction of sp³-hybridized carbons (Fsp3) is 0.120. The number of benzene rings is 2. The molecule has 0 radical (unpaired) electrons. The van der Waals surface area contributed by atoms with Gasteiger partial charge in [0.25, 0.3) is 5.91 Å². The van der Waals surface area contributed by atoms with Crippen molar-refractivity contribution in [3.63, 3.8) is 0 Å². The second kappa shape index (κ2) is 9.90. The normalized spacial score (nSPS) is 11.1. The molecular weight excluding hydrogens is 466 g/mol. The number of rotatable bonds is 7. The number of pyridine rings is 1. The number of carbonyl (C=O) groups excluding carboxylic acids is 1. The molecule has 178 valence electrons. The number of methoxy groups -OCH3 is 1. The van der Waals surface area contributed by atoms with Crippen LogP contribution in [0.2, 0.25) is 0 Å². The van der Waals surface area contributed by atoms with Crippen LogP contribution in [0.25, 0.3) is 11.3 Å². The number of anilines is 3. The molecule has 0 aliphatic rings. The van der Waals surface area contributed by atoms with Gasteiger partial charge >= 0.3 is 0 Å². The summed E-state index contributed by atoms with van der Waals surface area (Å²) in [5.41, 5.74) is 3.92. The summed E-state index contributed by atoms with van der Waals surface area (Å²) in [7, 11) is -2.20. The number of carbonyl (C=O) groups is 1. The predicted molar refractivity (Wildman–Crippen MR) is 134 cm³/mol. The van der Waals surface area contributed by atoms with Crippen molar-refractivity contribution < 1.29 is 17.9 Å². The van der Waals surface area contributed by atoms with E-state index in [2.05, 4.69) is 25.6 Å². The van der Waals surface area contributed by atoms with Gasteiger partial charge in [0, 0.05) is 47.3 Å². The lowest BCUT2D eigenvalue weighted by molar-refractivity contribution is 0.102. The van der Waals surface area contributed by atoms with E-state index in [1.807, 2.05) is 25.1 Å². The molecule has 2 aromatic heterocycles. The summed E-state index contributed by atoms with van der Waals surface area (Å²) in [5.74, 6) is 0.118. The Kier molecular flexibility index (Phi) is 6.74. The van der Waals surface area contributed by atoms with Gasteiger partial charge in [0.1, 0.15) is 10.6 Å². The Morgan fingerprint density at radius 1 is 1.03 bits per heavy atom. The van der Waals surface area contributed by atoms with Gasteiger partial charge < -0.3 is 15.4 Å². The van der Waals surface area contributed by atoms with Crippen molar-refractivity contribution in [1.29, 1.82) is 0 Å². The van der Waals surface area contributed by atoms with Gasteiger partial charge in [0.05, 0.1) is 12.8 Å². The van der Waals surface area contributed by atoms with Crippen LogP contribution in [0.3, 0.4) is 0 Å². The molecule has 0 bridgehead atoms. The van der Waals surface area contributed by atoms with Gasteiger partial charge in [-0.25, -0.2) is 18.4 Å². The van der Waals surface area contributed by atoms with Crippen LogP contribution < -0.4 is 15.4 Å². The summed E-state index contributed by atoms with van der Waals surface area (Å²) in [6.45, 7) is 1.92. The Balaban J connectivity index is 1.56. The first-order chi connectivity index (χ1) is 16.7. The maximum Gasteiger partial charge on any atom is 0.255 e. The largest absolute Gasteiger partial charge is 0.495 e. The molecule has 0 fully saturated rings. The molecule has 2 aromatic carbocycles. The van der Waals surface area contributed by atoms with Crippen molar-refractivity contribution in [2.45, 2.75) is 11.8 Å². The lowest BCUT2D eigenvalue weighted by atomic mass is 10.1. The smallest absolute Gasteiger partial charge is 0.255 e. The quantitative estimate of drug-likeness (QED) is 0.395. The second-order valence-electron chi connectivity index (χ2n) is 7.75. The predicted octanol–water partition coefficient (Wildman–Crippen LogP) is 4.26. The van der Waals surface area contributed by atoms with E-state index in [-0.39, 0.29) is 16.2 Å². The molecule has 2 heterocycles. The molecule has 2 N–H and O–H groups in total. The molecule has 0 aliphatic heterocycles. The summed E-state index contributed by atoms with van der Waals surface area (Å²) >= 11 is 0. The van der Waals surface area contributed by atoms with Gasteiger partial charge in [-0.2, -0.15) is 0 Å². The summed E-state index contributed by atoms with van der Waals surface area (Å²) in [6, 6.07) is 15.2. The molecule has 4 aromatic rings. The van der Waals surface area contributed by atoms with Gasteiger partial charge in [0.2, 0.25) is 5.95 Å². The maximum atomic E-state index is 12.9. The van der Waals surface area contributed by atoms with Gasteiger partial charge in [-0.3, -0.25) is 9.78 Å². The number of aryl methyl sites for hydroxylation is 1. The average molecular weight is 490 g/mol. The van der Waals surface area contributed by atoms with Gasteiger partial charge in [-0.1, -0.05) is 6.07 Å². The molecular formula is C25H23N5O4S. The molecule has 4 rings (SSSR count). The minimum absolute atomic E-state index is 0.0513. The Hall–Kier alpha value is -4.31. The standard InChI is InChI=1S/C25H23N5O4S/c1-16-6-8-19(28-24(31)17-7-9-22(34-2)23(13-17)35(3,32)33)14-21(16)30-25-27-12-10-20(29-25)18-5-4-11-26-15-18/h4-15H,1-3H3,(H,28,31)(H,27,29,30). The zero-order valence-electron chi connectivity index (χ0n) is 19.3. The van der Waals surface area contributed by atoms with Crippen LogP contribution in [0.15, 0.2) is 78.1 Å². The van der Waals surface area contributed by atoms with Gasteiger partial charge in [-0.05, 0) is 61.0 Å². The number of aromatic nitrogens is 3. The van der Waals surface area contributed by atoms with Crippen LogP contribution in [0.5, 0.6) is 5.75 Å². The van der Waals surface area contributed by atoms with E-state index in [0.29, 0.717) is 17.3 Å². The highest BCUT2D eigenvalue weighted by Crippen LogP contribution is 2.27. The van der Waals surface area contributed by atoms with Crippen LogP contribution in [0.4, 0.5) is 17.3 Å². The number of ether oxygens (including phenoxy) is 1. The highest BCUT2D eigenvalue weighted by atomic mass is 32.2. The zero-order valence-corrected chi connectivity index (χ0v) is 20.1. The van der Waals surface area contributed by atoms with Crippen molar-refractivity contribution in [2.24, 2.45) is 0 Å². The van der Waals surface area contributed by atoms with E-state index in [0.717, 1.165) is 23.1 Å². The van der Waals surface area contributed by atoms with Crippen LogP contribution in [0.1, 0.15) is 15.9 Å². The van der Waals surface area contributed by atoms with Crippen molar-refractivity contribution >= 4 is 33.1 Å². The number of nitrogens with zero attached hydrogens (tertiary/aromatic N) is 3. The molecule has 1 amide bonds. The number of hydrogen-bond acceptors (Lipinski definition) is 8. The van der Waals surface area contributed by atoms with E-state index in [9.17, 15) is 13.2 Å². The van der Waals surface area contributed by atoms with E-state index in [1.54, 1.807) is 36.8 Å². The summed E-state index contributed by atoms with van der Waals surface area (Å²) < 4.78 is 29.3. The molecule has 0 spiro atoms. The van der Waals surface area contributed by atoms with Gasteiger partial charge in [-0.15, -0.1) is 0 Å². The summed E-state index contributed by atoms with van der Waals surface area (Å²) in [4.78, 5) is 25.8. The minimum atomic E-state index is -3.58. The molecule has 0 saturated heterocycles. The number of amides is 1. The van der Waals surface area contributed by atoms with Crippen molar-refractivity contribution in [1.82, 2.24) is 15.0 Å². The Morgan fingerprint density at radius 2 is 1.86 bits per heavy atom. The first-order valence-electron chi connectivity index (χ1n) is 10.5. The first kappa shape index (κ1) is 23.8. The molecule has 0 unspecified atom stereocenters. The lowest BCUT2D eigenvalue weighted by Crippen LogP contribution is -2.13. The van der Waals surface area contributed by atoms with Crippen molar-refractivity contribution in [3.8, 4) is 17.0 Å². The Bertz CT molecular complexity index is 1490. The Morgan fingerprint density at radius 3 is 2.57 bits per heavy atom. The number of sulfone groups is 1. The SMILES string of the molecule is COc1ccc(C(=O)Nc2ccc(C)c(Nc3nccc(-c4cccnc4)n3)c2)cc1S(C)(=O)=O. The van der Waals surface area contributed by atoms with E-state index in [4.69, 9.17) is 4.74 Å². The topological polar surface area (TPSA) is 123 Å². The van der Waals surface area contributed by atoms with Gasteiger partial charge in [0.15, 0.2) is 9.84 Å². The lowest BCUT2D eigenvalue weighted by Gasteiger charge is -2.13. The van der Waals surface area contributed by atoms with Crippen molar-refractivity contribution in [3.05, 3.63) is 84.3 Å². The number of nitrogens with one attached hydrogen (secondary N) is 2. The molecule has 0 saturated carbocycles. The third kappa shape index (κ3) is 5.61. The fourth-order valence-corrected chi connectivity index (χ4v) is 4.22. The summed E-state index contributed by atoms with van der Waals surface area (Å²) in [5, 5.41) is 5.99. The molecule has 0 atom stereocenters. The molecule has 0 aliphatic carbocycles. The van der Waals surface area contributed by atoms with Crippen molar-refractivity contribution in [2.75, 3.05) is 24.0 Å². The van der Waals surface area contributed by atoms with Crippen LogP contribution in [0, 0.1) is 6.92 Å². The molecule has 35 heavy (non-hydrogen) atoms. The number of hydrogen-bond donors (Lipinski definition) is 2. The van der Waals surface area contributed by atoms with E-state index in [1.165, 1.54) is 25.3 Å². The second-order valence-corrected chi connectivity index (χ2v) is 9.74. The monoisotopic (exact) mass is 489 g/mol. The van der Waals surface area contributed by atoms with Crippen LogP contribution in [-0.2, 0) is 9.84 Å². The fourth-order valence-electron chi connectivity index (χ4n) is 3.36. The van der Waals surface area contributed by atoms with Crippen LogP contribution >= 0.6 is 0 Å².